The van der Waals surface area contributed by atoms with Crippen LogP contribution in [0, 0.1) is 0 Å². The molecule has 6 heteroatoms. The van der Waals surface area contributed by atoms with Crippen LogP contribution in [0.1, 0.15) is 25.0 Å². The molecule has 31 heavy (non-hydrogen) atoms. The number of morpholine rings is 1. The Morgan fingerprint density at radius 3 is 2.71 bits per heavy atom. The SMILES string of the molecule is CC(C)NC(=O)C1(Cc2ccc(-c3cccs3)cc2)CN(Cc2cccnc2)CCO1. The van der Waals surface area contributed by atoms with Gasteiger partial charge in [0.25, 0.3) is 5.91 Å². The molecule has 1 N–H and O–H groups in total. The van der Waals surface area contributed by atoms with Gasteiger partial charge in [-0.15, -0.1) is 11.3 Å². The summed E-state index contributed by atoms with van der Waals surface area (Å²) in [7, 11) is 0. The first kappa shape index (κ1) is 21.7. The standard InChI is InChI=1S/C25H29N3O2S/c1-19(2)27-24(29)25(15-20-7-9-22(10-8-20)23-6-4-14-31-23)18-28(12-13-30-25)17-21-5-3-11-26-16-21/h3-11,14,16,19H,12-13,15,17-18H2,1-2H3,(H,27,29). The van der Waals surface area contributed by atoms with Gasteiger partial charge in [0.2, 0.25) is 0 Å². The second-order valence-electron chi connectivity index (χ2n) is 8.39. The van der Waals surface area contributed by atoms with Crippen LogP contribution in [-0.2, 0) is 22.5 Å². The zero-order valence-corrected chi connectivity index (χ0v) is 18.9. The number of benzene rings is 1. The molecule has 0 spiro atoms. The van der Waals surface area contributed by atoms with Gasteiger partial charge in [0, 0.05) is 49.4 Å². The highest BCUT2D eigenvalue weighted by molar-refractivity contribution is 7.13. The van der Waals surface area contributed by atoms with Crippen molar-refractivity contribution in [1.82, 2.24) is 15.2 Å². The molecule has 1 aromatic carbocycles. The van der Waals surface area contributed by atoms with Crippen molar-refractivity contribution in [3.63, 3.8) is 0 Å². The van der Waals surface area contributed by atoms with Crippen molar-refractivity contribution in [2.45, 2.75) is 38.5 Å². The van der Waals surface area contributed by atoms with Gasteiger partial charge in [0.05, 0.1) is 6.61 Å². The van der Waals surface area contributed by atoms with Gasteiger partial charge in [-0.3, -0.25) is 14.7 Å². The molecule has 1 amide bonds. The fourth-order valence-corrected chi connectivity index (χ4v) is 4.75. The zero-order valence-electron chi connectivity index (χ0n) is 18.1. The highest BCUT2D eigenvalue weighted by Crippen LogP contribution is 2.28. The van der Waals surface area contributed by atoms with Gasteiger partial charge < -0.3 is 10.1 Å². The third kappa shape index (κ3) is 5.39. The Labute approximate surface area is 188 Å². The summed E-state index contributed by atoms with van der Waals surface area (Å²) in [5, 5.41) is 5.17. The predicted molar refractivity (Wildman–Crippen MR) is 125 cm³/mol. The van der Waals surface area contributed by atoms with Crippen molar-refractivity contribution < 1.29 is 9.53 Å². The first-order valence-electron chi connectivity index (χ1n) is 10.7. The van der Waals surface area contributed by atoms with Crippen molar-refractivity contribution in [3.8, 4) is 10.4 Å². The number of nitrogens with one attached hydrogen (secondary N) is 1. The van der Waals surface area contributed by atoms with Crippen LogP contribution in [0.15, 0.2) is 66.3 Å². The molecule has 0 aliphatic carbocycles. The fourth-order valence-electron chi connectivity index (χ4n) is 4.02. The van der Waals surface area contributed by atoms with Crippen LogP contribution in [0.2, 0.25) is 0 Å². The molecule has 4 rings (SSSR count). The fraction of sp³-hybridized carbons (Fsp3) is 0.360. The molecule has 0 radical (unpaired) electrons. The lowest BCUT2D eigenvalue weighted by molar-refractivity contribution is -0.161. The Balaban J connectivity index is 1.55. The van der Waals surface area contributed by atoms with Crippen LogP contribution >= 0.6 is 11.3 Å². The van der Waals surface area contributed by atoms with Crippen LogP contribution < -0.4 is 5.32 Å². The molecule has 2 aromatic heterocycles. The molecule has 0 bridgehead atoms. The van der Waals surface area contributed by atoms with Crippen LogP contribution in [0.3, 0.4) is 0 Å². The van der Waals surface area contributed by atoms with Gasteiger partial charge in [-0.05, 0) is 48.1 Å². The summed E-state index contributed by atoms with van der Waals surface area (Å²) in [4.78, 5) is 21.1. The molecule has 1 aliphatic rings. The number of carbonyl (C=O) groups is 1. The van der Waals surface area contributed by atoms with Gasteiger partial charge >= 0.3 is 0 Å². The maximum atomic E-state index is 13.3. The summed E-state index contributed by atoms with van der Waals surface area (Å²) in [6, 6.07) is 16.8. The Bertz CT molecular complexity index is 974. The highest BCUT2D eigenvalue weighted by Gasteiger charge is 2.44. The molecule has 0 saturated carbocycles. The molecule has 1 fully saturated rings. The first-order chi connectivity index (χ1) is 15.0. The minimum Gasteiger partial charge on any atom is -0.362 e. The average Bonchev–Trinajstić information content (AvgIpc) is 3.30. The van der Waals surface area contributed by atoms with Gasteiger partial charge in [-0.25, -0.2) is 0 Å². The summed E-state index contributed by atoms with van der Waals surface area (Å²) in [6.07, 6.45) is 4.21. The van der Waals surface area contributed by atoms with Gasteiger partial charge in [0.15, 0.2) is 5.60 Å². The normalized spacial score (nSPS) is 19.5. The van der Waals surface area contributed by atoms with E-state index in [1.165, 1.54) is 10.4 Å². The van der Waals surface area contributed by atoms with Crippen LogP contribution in [-0.4, -0.2) is 47.1 Å². The number of amides is 1. The lowest BCUT2D eigenvalue weighted by Crippen LogP contribution is -2.61. The molecule has 3 heterocycles. The Morgan fingerprint density at radius 1 is 1.19 bits per heavy atom. The van der Waals surface area contributed by atoms with E-state index in [0.29, 0.717) is 19.6 Å². The van der Waals surface area contributed by atoms with Crippen LogP contribution in [0.4, 0.5) is 0 Å². The number of thiophene rings is 1. The van der Waals surface area contributed by atoms with E-state index in [1.54, 1.807) is 17.5 Å². The summed E-state index contributed by atoms with van der Waals surface area (Å²) in [6.45, 7) is 6.59. The van der Waals surface area contributed by atoms with E-state index in [-0.39, 0.29) is 11.9 Å². The largest absolute Gasteiger partial charge is 0.362 e. The number of ether oxygens (including phenoxy) is 1. The third-order valence-electron chi connectivity index (χ3n) is 5.48. The van der Waals surface area contributed by atoms with Crippen molar-refractivity contribution in [3.05, 3.63) is 77.4 Å². The van der Waals surface area contributed by atoms with E-state index >= 15 is 0 Å². The molecule has 1 aliphatic heterocycles. The molecule has 1 saturated heterocycles. The maximum Gasteiger partial charge on any atom is 0.254 e. The molecule has 1 atom stereocenters. The van der Waals surface area contributed by atoms with Crippen LogP contribution in [0.5, 0.6) is 0 Å². The molecule has 1 unspecified atom stereocenters. The van der Waals surface area contributed by atoms with Gasteiger partial charge in [-0.2, -0.15) is 0 Å². The molecule has 3 aromatic rings. The lowest BCUT2D eigenvalue weighted by Gasteiger charge is -2.42. The first-order valence-corrected chi connectivity index (χ1v) is 11.6. The summed E-state index contributed by atoms with van der Waals surface area (Å²) in [5.74, 6) is -0.0410. The zero-order chi connectivity index (χ0) is 21.7. The lowest BCUT2D eigenvalue weighted by atomic mass is 9.90. The second-order valence-corrected chi connectivity index (χ2v) is 9.34. The molecule has 162 valence electrons. The number of hydrogen-bond donors (Lipinski definition) is 1. The van der Waals surface area contributed by atoms with Gasteiger partial charge in [0.1, 0.15) is 0 Å². The van der Waals surface area contributed by atoms with E-state index in [0.717, 1.165) is 24.2 Å². The van der Waals surface area contributed by atoms with E-state index in [4.69, 9.17) is 4.74 Å². The number of nitrogens with zero attached hydrogens (tertiary/aromatic N) is 2. The number of pyridine rings is 1. The molecule has 5 nitrogen and oxygen atoms in total. The second kappa shape index (κ2) is 9.73. The summed E-state index contributed by atoms with van der Waals surface area (Å²) < 4.78 is 6.24. The smallest absolute Gasteiger partial charge is 0.254 e. The predicted octanol–water partition coefficient (Wildman–Crippen LogP) is 4.15. The quantitative estimate of drug-likeness (QED) is 0.606. The van der Waals surface area contributed by atoms with Crippen molar-refractivity contribution >= 4 is 17.2 Å². The topological polar surface area (TPSA) is 54.5 Å². The summed E-state index contributed by atoms with van der Waals surface area (Å²) in [5.41, 5.74) is 2.53. The Kier molecular flexibility index (Phi) is 6.80. The Hall–Kier alpha value is -2.54. The summed E-state index contributed by atoms with van der Waals surface area (Å²) >= 11 is 1.73. The highest BCUT2D eigenvalue weighted by atomic mass is 32.1. The minimum absolute atomic E-state index is 0.0410. The van der Waals surface area contributed by atoms with E-state index in [1.807, 2.05) is 26.1 Å². The van der Waals surface area contributed by atoms with Gasteiger partial charge in [-0.1, -0.05) is 36.4 Å². The number of rotatable bonds is 7. The van der Waals surface area contributed by atoms with Crippen molar-refractivity contribution in [2.24, 2.45) is 0 Å². The molecular formula is C25H29N3O2S. The number of aromatic nitrogens is 1. The maximum absolute atomic E-state index is 13.3. The number of carbonyl (C=O) groups excluding carboxylic acids is 1. The monoisotopic (exact) mass is 435 g/mol. The van der Waals surface area contributed by atoms with E-state index < -0.39 is 5.60 Å². The number of hydrogen-bond acceptors (Lipinski definition) is 5. The molecular weight excluding hydrogens is 406 g/mol. The van der Waals surface area contributed by atoms with E-state index in [9.17, 15) is 4.79 Å². The Morgan fingerprint density at radius 2 is 2.03 bits per heavy atom. The van der Waals surface area contributed by atoms with Crippen LogP contribution in [0.25, 0.3) is 10.4 Å². The van der Waals surface area contributed by atoms with Crippen molar-refractivity contribution in [1.29, 1.82) is 0 Å². The van der Waals surface area contributed by atoms with Crippen molar-refractivity contribution in [2.75, 3.05) is 19.7 Å². The average molecular weight is 436 g/mol. The third-order valence-corrected chi connectivity index (χ3v) is 6.40. The van der Waals surface area contributed by atoms with E-state index in [2.05, 4.69) is 63.0 Å². The minimum atomic E-state index is -0.908.